The molecular formula is C27H40N4O4. The zero-order valence-electron chi connectivity index (χ0n) is 21.6. The Balaban J connectivity index is 1.60. The number of hydrogen-bond acceptors (Lipinski definition) is 6. The maximum atomic E-state index is 13.8. The van der Waals surface area contributed by atoms with Gasteiger partial charge in [0.1, 0.15) is 11.3 Å². The van der Waals surface area contributed by atoms with Gasteiger partial charge in [-0.1, -0.05) is 6.07 Å². The fourth-order valence-electron chi connectivity index (χ4n) is 7.89. The highest BCUT2D eigenvalue weighted by molar-refractivity contribution is 6.07. The van der Waals surface area contributed by atoms with Crippen molar-refractivity contribution < 1.29 is 19.8 Å². The number of rotatable bonds is 6. The number of aromatic hydroxyl groups is 1. The maximum absolute atomic E-state index is 13.8. The number of carbonyl (C=O) groups excluding carboxylic acids is 2. The highest BCUT2D eigenvalue weighted by Crippen LogP contribution is 2.62. The molecule has 0 aromatic heterocycles. The average Bonchev–Trinajstić information content (AvgIpc) is 3.00. The topological polar surface area (TPSA) is 87.6 Å². The highest BCUT2D eigenvalue weighted by Gasteiger charge is 2.71. The van der Waals surface area contributed by atoms with Gasteiger partial charge < -0.3 is 20.0 Å². The van der Waals surface area contributed by atoms with Gasteiger partial charge in [0, 0.05) is 24.5 Å². The molecule has 1 aromatic carbocycles. The molecule has 8 heteroatoms. The number of imide groups is 1. The Hall–Kier alpha value is -2.16. The summed E-state index contributed by atoms with van der Waals surface area (Å²) in [5.74, 6) is 0.0591. The van der Waals surface area contributed by atoms with E-state index < -0.39 is 16.6 Å². The monoisotopic (exact) mass is 484 g/mol. The number of aliphatic hydroxyl groups is 1. The van der Waals surface area contributed by atoms with Gasteiger partial charge in [-0.05, 0) is 109 Å². The van der Waals surface area contributed by atoms with Gasteiger partial charge in [-0.25, -0.2) is 4.79 Å². The third-order valence-electron chi connectivity index (χ3n) is 9.49. The molecule has 0 radical (unpaired) electrons. The molecule has 1 aromatic rings. The van der Waals surface area contributed by atoms with Crippen molar-refractivity contribution in [2.45, 2.75) is 75.0 Å². The van der Waals surface area contributed by atoms with Crippen LogP contribution < -0.4 is 0 Å². The van der Waals surface area contributed by atoms with Crippen LogP contribution in [-0.4, -0.2) is 106 Å². The molecule has 192 valence electrons. The second-order valence-electron chi connectivity index (χ2n) is 11.3. The minimum Gasteiger partial charge on any atom is -0.508 e. The number of carbonyl (C=O) groups is 2. The Morgan fingerprint density at radius 1 is 1.11 bits per heavy atom. The molecule has 5 rings (SSSR count). The molecule has 2 aliphatic carbocycles. The van der Waals surface area contributed by atoms with E-state index in [2.05, 4.69) is 23.9 Å². The van der Waals surface area contributed by atoms with Gasteiger partial charge in [0.2, 0.25) is 0 Å². The van der Waals surface area contributed by atoms with Crippen molar-refractivity contribution in [1.29, 1.82) is 0 Å². The molecular weight excluding hydrogens is 444 g/mol. The fraction of sp³-hybridized carbons (Fsp3) is 0.704. The van der Waals surface area contributed by atoms with Gasteiger partial charge in [0.25, 0.3) is 5.91 Å². The second kappa shape index (κ2) is 8.46. The molecule has 2 heterocycles. The van der Waals surface area contributed by atoms with Crippen molar-refractivity contribution in [1.82, 2.24) is 19.6 Å². The summed E-state index contributed by atoms with van der Waals surface area (Å²) in [4.78, 5) is 34.8. The number of benzene rings is 1. The molecule has 4 atom stereocenters. The standard InChI is InChI=1S/C27H40N4O4/c1-5-30-23(33)26(31(6-2)24(30)34)10-11-27(35)22-16-19-8-9-20(32)17-21(19)25(27,18-26)12-15-29(22)14-7-13-28(3)4/h8-9,17,22,32,35H,5-7,10-16,18H2,1-4H3/t22-,25-,26+,27-/m1/s1. The Labute approximate surface area is 208 Å². The summed E-state index contributed by atoms with van der Waals surface area (Å²) in [6.07, 6.45) is 3.80. The molecule has 35 heavy (non-hydrogen) atoms. The average molecular weight is 485 g/mol. The van der Waals surface area contributed by atoms with Crippen LogP contribution in [0.25, 0.3) is 0 Å². The van der Waals surface area contributed by atoms with E-state index in [1.165, 1.54) is 4.90 Å². The summed E-state index contributed by atoms with van der Waals surface area (Å²) in [7, 11) is 4.16. The Morgan fingerprint density at radius 2 is 1.89 bits per heavy atom. The van der Waals surface area contributed by atoms with Gasteiger partial charge in [-0.15, -0.1) is 0 Å². The second-order valence-corrected chi connectivity index (χ2v) is 11.3. The Morgan fingerprint density at radius 3 is 2.57 bits per heavy atom. The van der Waals surface area contributed by atoms with Gasteiger partial charge >= 0.3 is 6.03 Å². The van der Waals surface area contributed by atoms with Crippen molar-refractivity contribution in [3.8, 4) is 5.75 Å². The first-order valence-corrected chi connectivity index (χ1v) is 13.2. The molecule has 3 fully saturated rings. The van der Waals surface area contributed by atoms with Crippen molar-refractivity contribution in [2.75, 3.05) is 46.8 Å². The summed E-state index contributed by atoms with van der Waals surface area (Å²) in [5.41, 5.74) is -0.537. The molecule has 3 amide bonds. The number of urea groups is 1. The van der Waals surface area contributed by atoms with Crippen LogP contribution in [0.2, 0.25) is 0 Å². The van der Waals surface area contributed by atoms with Crippen LogP contribution in [0.5, 0.6) is 5.75 Å². The molecule has 0 unspecified atom stereocenters. The third kappa shape index (κ3) is 3.29. The lowest BCUT2D eigenvalue weighted by molar-refractivity contribution is -0.188. The number of phenolic OH excluding ortho intramolecular Hbond substituents is 1. The molecule has 2 aliphatic heterocycles. The lowest BCUT2D eigenvalue weighted by Crippen LogP contribution is -2.76. The van der Waals surface area contributed by atoms with Crippen LogP contribution in [0.15, 0.2) is 18.2 Å². The molecule has 4 aliphatic rings. The minimum atomic E-state index is -1.02. The van der Waals surface area contributed by atoms with Gasteiger partial charge in [-0.2, -0.15) is 0 Å². The summed E-state index contributed by atoms with van der Waals surface area (Å²) in [5, 5.41) is 23.1. The van der Waals surface area contributed by atoms with E-state index in [-0.39, 0.29) is 23.7 Å². The molecule has 1 spiro atoms. The predicted molar refractivity (Wildman–Crippen MR) is 133 cm³/mol. The predicted octanol–water partition coefficient (Wildman–Crippen LogP) is 2.17. The number of likely N-dealkylation sites (tertiary alicyclic amines) is 1. The number of hydrogen-bond donors (Lipinski definition) is 2. The Kier molecular flexibility index (Phi) is 5.93. The number of piperidine rings is 1. The van der Waals surface area contributed by atoms with Crippen molar-refractivity contribution in [2.24, 2.45) is 0 Å². The molecule has 2 bridgehead atoms. The SMILES string of the molecule is CCN1C(=O)N(CC)[C@]2(CC[C@@]3(O)[C@H]4Cc5ccc(O)cc5[C@@]3(CCN4CCCN(C)C)C2)C1=O. The number of amides is 3. The summed E-state index contributed by atoms with van der Waals surface area (Å²) in [6.45, 7) is 7.33. The first-order valence-electron chi connectivity index (χ1n) is 13.2. The first kappa shape index (κ1) is 24.5. The van der Waals surface area contributed by atoms with Crippen LogP contribution in [0.3, 0.4) is 0 Å². The van der Waals surface area contributed by atoms with E-state index in [1.807, 2.05) is 26.0 Å². The van der Waals surface area contributed by atoms with Crippen molar-refractivity contribution >= 4 is 11.9 Å². The van der Waals surface area contributed by atoms with Crippen LogP contribution in [0, 0.1) is 0 Å². The summed E-state index contributed by atoms with van der Waals surface area (Å²) in [6, 6.07) is 5.27. The van der Waals surface area contributed by atoms with E-state index in [9.17, 15) is 19.8 Å². The zero-order valence-corrected chi connectivity index (χ0v) is 21.6. The van der Waals surface area contributed by atoms with E-state index in [0.29, 0.717) is 38.8 Å². The van der Waals surface area contributed by atoms with Crippen LogP contribution in [-0.2, 0) is 16.6 Å². The van der Waals surface area contributed by atoms with Crippen LogP contribution in [0.4, 0.5) is 4.79 Å². The minimum absolute atomic E-state index is 0.0441. The normalized spacial score (nSPS) is 34.6. The summed E-state index contributed by atoms with van der Waals surface area (Å²) >= 11 is 0. The van der Waals surface area contributed by atoms with E-state index in [4.69, 9.17) is 0 Å². The molecule has 2 N–H and O–H groups in total. The van der Waals surface area contributed by atoms with Gasteiger partial charge in [0.05, 0.1) is 5.60 Å². The molecule has 1 saturated carbocycles. The molecule has 2 saturated heterocycles. The van der Waals surface area contributed by atoms with E-state index in [0.717, 1.165) is 43.6 Å². The van der Waals surface area contributed by atoms with Crippen molar-refractivity contribution in [3.63, 3.8) is 0 Å². The zero-order chi connectivity index (χ0) is 25.2. The van der Waals surface area contributed by atoms with Crippen LogP contribution in [0.1, 0.15) is 57.1 Å². The smallest absolute Gasteiger partial charge is 0.327 e. The highest BCUT2D eigenvalue weighted by atomic mass is 16.3. The Bertz CT molecular complexity index is 1030. The lowest BCUT2D eigenvalue weighted by Gasteiger charge is -2.66. The van der Waals surface area contributed by atoms with Gasteiger partial charge in [-0.3, -0.25) is 14.6 Å². The molecule has 8 nitrogen and oxygen atoms in total. The number of likely N-dealkylation sites (N-methyl/N-ethyl adjacent to an activating group) is 2. The van der Waals surface area contributed by atoms with E-state index in [1.54, 1.807) is 11.0 Å². The van der Waals surface area contributed by atoms with Gasteiger partial charge in [0.15, 0.2) is 0 Å². The largest absolute Gasteiger partial charge is 0.508 e. The third-order valence-corrected chi connectivity index (χ3v) is 9.49. The summed E-state index contributed by atoms with van der Waals surface area (Å²) < 4.78 is 0. The number of fused-ring (bicyclic) bond motifs is 1. The van der Waals surface area contributed by atoms with E-state index >= 15 is 0 Å². The quantitative estimate of drug-likeness (QED) is 0.602. The van der Waals surface area contributed by atoms with Crippen LogP contribution >= 0.6 is 0 Å². The lowest BCUT2D eigenvalue weighted by atomic mass is 9.46. The number of phenols is 1. The van der Waals surface area contributed by atoms with Crippen molar-refractivity contribution in [3.05, 3.63) is 29.3 Å². The maximum Gasteiger partial charge on any atom is 0.327 e. The first-order chi connectivity index (χ1) is 16.6. The fourth-order valence-corrected chi connectivity index (χ4v) is 7.89. The number of nitrogens with zero attached hydrogens (tertiary/aromatic N) is 4.